The molecule has 1 aromatic rings. The molecule has 0 aliphatic carbocycles. The molecule has 1 aliphatic heterocycles. The molecule has 1 unspecified atom stereocenters. The zero-order chi connectivity index (χ0) is 13.7. The van der Waals surface area contributed by atoms with Crippen molar-refractivity contribution in [3.63, 3.8) is 0 Å². The van der Waals surface area contributed by atoms with E-state index in [0.29, 0.717) is 13.0 Å². The van der Waals surface area contributed by atoms with Gasteiger partial charge in [0.25, 0.3) is 0 Å². The van der Waals surface area contributed by atoms with Crippen LogP contribution in [0.4, 0.5) is 0 Å². The second-order valence-electron chi connectivity index (χ2n) is 5.04. The first kappa shape index (κ1) is 17.3. The Kier molecular flexibility index (Phi) is 7.35. The molecule has 1 aromatic carbocycles. The number of carbonyl (C=O) groups excluding carboxylic acids is 1. The monoisotopic (exact) mass is 316 g/mol. The summed E-state index contributed by atoms with van der Waals surface area (Å²) in [6.07, 6.45) is 4.90. The predicted molar refractivity (Wildman–Crippen MR) is 85.3 cm³/mol. The molecule has 2 N–H and O–H groups in total. The number of likely N-dealkylation sites (tertiary alicyclic amines) is 1. The molecule has 1 fully saturated rings. The third-order valence-electron chi connectivity index (χ3n) is 3.69. The Morgan fingerprint density at radius 1 is 1.25 bits per heavy atom. The Hall–Kier alpha value is -0.770. The van der Waals surface area contributed by atoms with E-state index >= 15 is 0 Å². The van der Waals surface area contributed by atoms with E-state index in [0.717, 1.165) is 24.4 Å². The maximum atomic E-state index is 12.2. The summed E-state index contributed by atoms with van der Waals surface area (Å²) < 4.78 is 0. The second kappa shape index (κ2) is 8.50. The zero-order valence-electron chi connectivity index (χ0n) is 11.6. The van der Waals surface area contributed by atoms with Crippen LogP contribution in [0.3, 0.4) is 0 Å². The number of nitrogens with two attached hydrogens (primary N) is 1. The minimum absolute atomic E-state index is 0. The highest BCUT2D eigenvalue weighted by Gasteiger charge is 2.25. The first-order valence-electron chi connectivity index (χ1n) is 6.97. The molecule has 20 heavy (non-hydrogen) atoms. The molecule has 1 atom stereocenters. The van der Waals surface area contributed by atoms with Crippen LogP contribution >= 0.6 is 24.0 Å². The fraction of sp³-hybridized carbons (Fsp3) is 0.533. The minimum atomic E-state index is 0. The van der Waals surface area contributed by atoms with Crippen LogP contribution in [0, 0.1) is 0 Å². The van der Waals surface area contributed by atoms with Gasteiger partial charge in [-0.1, -0.05) is 36.6 Å². The highest BCUT2D eigenvalue weighted by molar-refractivity contribution is 6.30. The van der Waals surface area contributed by atoms with Gasteiger partial charge in [0.15, 0.2) is 0 Å². The molecular formula is C15H22Cl2N2O. The van der Waals surface area contributed by atoms with Crippen LogP contribution in [0.15, 0.2) is 24.3 Å². The average Bonchev–Trinajstić information content (AvgIpc) is 2.65. The molecule has 2 rings (SSSR count). The smallest absolute Gasteiger partial charge is 0.224 e. The molecule has 1 heterocycles. The normalized spacial score (nSPS) is 19.1. The van der Waals surface area contributed by atoms with Crippen molar-refractivity contribution in [1.29, 1.82) is 0 Å². The topological polar surface area (TPSA) is 46.3 Å². The van der Waals surface area contributed by atoms with Crippen LogP contribution in [0.5, 0.6) is 0 Å². The van der Waals surface area contributed by atoms with E-state index < -0.39 is 0 Å². The fourth-order valence-corrected chi connectivity index (χ4v) is 2.83. The van der Waals surface area contributed by atoms with Crippen molar-refractivity contribution < 1.29 is 4.79 Å². The molecule has 0 bridgehead atoms. The summed E-state index contributed by atoms with van der Waals surface area (Å²) >= 11 is 5.93. The number of carbonyl (C=O) groups is 1. The van der Waals surface area contributed by atoms with Gasteiger partial charge in [-0.15, -0.1) is 12.4 Å². The maximum Gasteiger partial charge on any atom is 0.224 e. The Bertz CT molecular complexity index is 422. The number of rotatable bonds is 3. The molecule has 112 valence electrons. The third kappa shape index (κ3) is 4.37. The first-order valence-corrected chi connectivity index (χ1v) is 7.35. The number of benzene rings is 1. The summed E-state index contributed by atoms with van der Waals surface area (Å²) in [5.74, 6) is 0.171. The van der Waals surface area contributed by atoms with Crippen LogP contribution in [-0.4, -0.2) is 23.9 Å². The molecule has 0 aromatic heterocycles. The van der Waals surface area contributed by atoms with Crippen LogP contribution in [0.25, 0.3) is 0 Å². The van der Waals surface area contributed by atoms with Gasteiger partial charge >= 0.3 is 0 Å². The number of amides is 1. The lowest BCUT2D eigenvalue weighted by atomic mass is 10.0. The van der Waals surface area contributed by atoms with E-state index in [1.165, 1.54) is 18.4 Å². The van der Waals surface area contributed by atoms with Gasteiger partial charge in [-0.25, -0.2) is 0 Å². The standard InChI is InChI=1S/C15H21ClN2O.ClH/c16-13-7-5-12(6-8-13)14-4-2-1-3-11-18(14)15(19)9-10-17;/h5-8,14H,1-4,9-11,17H2;1H. The quantitative estimate of drug-likeness (QED) is 0.926. The van der Waals surface area contributed by atoms with Gasteiger partial charge in [0.05, 0.1) is 6.04 Å². The summed E-state index contributed by atoms with van der Waals surface area (Å²) in [7, 11) is 0. The van der Waals surface area contributed by atoms with E-state index in [2.05, 4.69) is 0 Å². The zero-order valence-corrected chi connectivity index (χ0v) is 13.1. The van der Waals surface area contributed by atoms with E-state index in [9.17, 15) is 4.79 Å². The van der Waals surface area contributed by atoms with Crippen LogP contribution in [0.1, 0.15) is 43.7 Å². The van der Waals surface area contributed by atoms with E-state index in [4.69, 9.17) is 17.3 Å². The summed E-state index contributed by atoms with van der Waals surface area (Å²) in [4.78, 5) is 14.2. The summed E-state index contributed by atoms with van der Waals surface area (Å²) in [6.45, 7) is 1.26. The average molecular weight is 317 g/mol. The van der Waals surface area contributed by atoms with Gasteiger partial charge in [-0.05, 0) is 30.5 Å². The minimum Gasteiger partial charge on any atom is -0.336 e. The second-order valence-corrected chi connectivity index (χ2v) is 5.48. The van der Waals surface area contributed by atoms with Crippen molar-refractivity contribution in [2.75, 3.05) is 13.1 Å². The summed E-state index contributed by atoms with van der Waals surface area (Å²) in [5, 5.41) is 0.734. The van der Waals surface area contributed by atoms with Crippen molar-refractivity contribution in [3.8, 4) is 0 Å². The van der Waals surface area contributed by atoms with Crippen LogP contribution in [0.2, 0.25) is 5.02 Å². The van der Waals surface area contributed by atoms with Crippen molar-refractivity contribution in [1.82, 2.24) is 4.90 Å². The fourth-order valence-electron chi connectivity index (χ4n) is 2.71. The molecule has 0 radical (unpaired) electrons. The predicted octanol–water partition coefficient (Wildman–Crippen LogP) is 3.55. The Morgan fingerprint density at radius 2 is 1.95 bits per heavy atom. The molecule has 0 spiro atoms. The molecular weight excluding hydrogens is 295 g/mol. The maximum absolute atomic E-state index is 12.2. The number of halogens is 2. The van der Waals surface area contributed by atoms with Gasteiger partial charge in [0.1, 0.15) is 0 Å². The molecule has 5 heteroatoms. The van der Waals surface area contributed by atoms with Gasteiger partial charge in [-0.2, -0.15) is 0 Å². The van der Waals surface area contributed by atoms with Gasteiger partial charge in [0.2, 0.25) is 5.91 Å². The van der Waals surface area contributed by atoms with Gasteiger partial charge < -0.3 is 10.6 Å². The van der Waals surface area contributed by atoms with Crippen molar-refractivity contribution in [2.24, 2.45) is 5.73 Å². The van der Waals surface area contributed by atoms with Gasteiger partial charge in [-0.3, -0.25) is 4.79 Å². The first-order chi connectivity index (χ1) is 9.22. The highest BCUT2D eigenvalue weighted by atomic mass is 35.5. The Balaban J connectivity index is 0.00000200. The third-order valence-corrected chi connectivity index (χ3v) is 3.94. The number of hydrogen-bond donors (Lipinski definition) is 1. The summed E-state index contributed by atoms with van der Waals surface area (Å²) in [6, 6.07) is 8.03. The van der Waals surface area contributed by atoms with Crippen molar-refractivity contribution in [3.05, 3.63) is 34.9 Å². The van der Waals surface area contributed by atoms with E-state index in [1.807, 2.05) is 29.2 Å². The molecule has 1 aliphatic rings. The molecule has 1 amide bonds. The van der Waals surface area contributed by atoms with Crippen molar-refractivity contribution >= 4 is 29.9 Å². The summed E-state index contributed by atoms with van der Waals surface area (Å²) in [5.41, 5.74) is 6.69. The van der Waals surface area contributed by atoms with Crippen molar-refractivity contribution in [2.45, 2.75) is 38.1 Å². The largest absolute Gasteiger partial charge is 0.336 e. The lowest BCUT2D eigenvalue weighted by Gasteiger charge is -2.30. The number of hydrogen-bond acceptors (Lipinski definition) is 2. The van der Waals surface area contributed by atoms with Gasteiger partial charge in [0, 0.05) is 24.5 Å². The lowest BCUT2D eigenvalue weighted by Crippen LogP contribution is -2.35. The lowest BCUT2D eigenvalue weighted by molar-refractivity contribution is -0.133. The molecule has 0 saturated carbocycles. The molecule has 3 nitrogen and oxygen atoms in total. The SMILES string of the molecule is Cl.NCCC(=O)N1CCCCCC1c1ccc(Cl)cc1. The highest BCUT2D eigenvalue weighted by Crippen LogP contribution is 2.31. The van der Waals surface area contributed by atoms with Crippen LogP contribution in [-0.2, 0) is 4.79 Å². The van der Waals surface area contributed by atoms with E-state index in [1.54, 1.807) is 0 Å². The van der Waals surface area contributed by atoms with Crippen LogP contribution < -0.4 is 5.73 Å². The Morgan fingerprint density at radius 3 is 2.60 bits per heavy atom. The van der Waals surface area contributed by atoms with E-state index in [-0.39, 0.29) is 24.4 Å². The Labute approximate surface area is 131 Å². The number of nitrogens with zero attached hydrogens (tertiary/aromatic N) is 1. The molecule has 1 saturated heterocycles.